The summed E-state index contributed by atoms with van der Waals surface area (Å²) in [5, 5.41) is 2.91. The number of aryl methyl sites for hydroxylation is 1. The van der Waals surface area contributed by atoms with E-state index in [-0.39, 0.29) is 16.8 Å². The first-order valence-electron chi connectivity index (χ1n) is 9.77. The Hall–Kier alpha value is -1.93. The molecule has 1 aliphatic carbocycles. The lowest BCUT2D eigenvalue weighted by atomic mass is 9.97. The van der Waals surface area contributed by atoms with E-state index in [0.717, 1.165) is 35.6 Å². The van der Waals surface area contributed by atoms with E-state index < -0.39 is 29.1 Å². The van der Waals surface area contributed by atoms with Crippen LogP contribution in [0.2, 0.25) is 0 Å². The molecule has 7 nitrogen and oxygen atoms in total. The van der Waals surface area contributed by atoms with Crippen LogP contribution in [0.1, 0.15) is 50.5 Å². The van der Waals surface area contributed by atoms with E-state index in [9.17, 15) is 18.0 Å². The van der Waals surface area contributed by atoms with E-state index in [1.54, 1.807) is 12.1 Å². The van der Waals surface area contributed by atoms with Gasteiger partial charge in [-0.05, 0) is 31.9 Å². The predicted molar refractivity (Wildman–Crippen MR) is 106 cm³/mol. The molecule has 0 heterocycles. The highest BCUT2D eigenvalue weighted by molar-refractivity contribution is 7.89. The first-order chi connectivity index (χ1) is 13.3. The van der Waals surface area contributed by atoms with Gasteiger partial charge < -0.3 is 10.1 Å². The molecular formula is C20H30N2O5S. The lowest BCUT2D eigenvalue weighted by Gasteiger charge is -2.21. The predicted octanol–water partition coefficient (Wildman–Crippen LogP) is 2.39. The van der Waals surface area contributed by atoms with Crippen molar-refractivity contribution in [3.05, 3.63) is 29.8 Å². The molecule has 0 unspecified atom stereocenters. The zero-order chi connectivity index (χ0) is 20.6. The van der Waals surface area contributed by atoms with Crippen LogP contribution in [-0.4, -0.2) is 50.8 Å². The smallest absolute Gasteiger partial charge is 0.321 e. The highest BCUT2D eigenvalue weighted by atomic mass is 32.2. The van der Waals surface area contributed by atoms with Crippen LogP contribution in [0.3, 0.4) is 0 Å². The van der Waals surface area contributed by atoms with Crippen molar-refractivity contribution in [3.63, 3.8) is 0 Å². The molecule has 1 saturated carbocycles. The Morgan fingerprint density at radius 2 is 1.64 bits per heavy atom. The Labute approximate surface area is 167 Å². The molecule has 0 aromatic heterocycles. The minimum Gasteiger partial charge on any atom is -0.455 e. The van der Waals surface area contributed by atoms with Crippen LogP contribution in [0.4, 0.5) is 0 Å². The molecule has 0 spiro atoms. The Morgan fingerprint density at radius 1 is 1.07 bits per heavy atom. The van der Waals surface area contributed by atoms with Crippen molar-refractivity contribution in [2.24, 2.45) is 0 Å². The van der Waals surface area contributed by atoms with Gasteiger partial charge in [-0.1, -0.05) is 49.8 Å². The number of hydrogen-bond acceptors (Lipinski definition) is 5. The fourth-order valence-corrected chi connectivity index (χ4v) is 4.33. The number of ether oxygens (including phenoxy) is 1. The standard InChI is InChI=1S/C20H30N2O5S/c1-16-10-12-18(13-11-16)28(25,26)22(2)14-20(24)27-15-19(23)21-17-8-6-4-3-5-7-9-17/h10-13,17H,3-9,14-15H2,1-2H3,(H,21,23). The molecule has 0 bridgehead atoms. The molecule has 1 aliphatic rings. The first kappa shape index (κ1) is 22.4. The first-order valence-corrected chi connectivity index (χ1v) is 11.2. The third-order valence-corrected chi connectivity index (χ3v) is 6.73. The Balaban J connectivity index is 1.79. The number of benzene rings is 1. The Kier molecular flexibility index (Phi) is 8.44. The van der Waals surface area contributed by atoms with Crippen LogP contribution in [0.15, 0.2) is 29.2 Å². The van der Waals surface area contributed by atoms with E-state index in [0.29, 0.717) is 0 Å². The van der Waals surface area contributed by atoms with Crippen molar-refractivity contribution >= 4 is 21.9 Å². The molecule has 2 rings (SSSR count). The zero-order valence-corrected chi connectivity index (χ0v) is 17.5. The second-order valence-electron chi connectivity index (χ2n) is 7.34. The van der Waals surface area contributed by atoms with Gasteiger partial charge in [0, 0.05) is 13.1 Å². The summed E-state index contributed by atoms with van der Waals surface area (Å²) < 4.78 is 30.8. The number of nitrogens with zero attached hydrogens (tertiary/aromatic N) is 1. The molecule has 1 fully saturated rings. The summed E-state index contributed by atoms with van der Waals surface area (Å²) >= 11 is 0. The number of hydrogen-bond donors (Lipinski definition) is 1. The SMILES string of the molecule is Cc1ccc(S(=O)(=O)N(C)CC(=O)OCC(=O)NC2CCCCCCC2)cc1. The molecule has 156 valence electrons. The van der Waals surface area contributed by atoms with Gasteiger partial charge in [0.25, 0.3) is 5.91 Å². The fourth-order valence-electron chi connectivity index (χ4n) is 3.22. The summed E-state index contributed by atoms with van der Waals surface area (Å²) in [6, 6.07) is 6.50. The van der Waals surface area contributed by atoms with Gasteiger partial charge in [0.05, 0.1) is 4.90 Å². The fraction of sp³-hybridized carbons (Fsp3) is 0.600. The van der Waals surface area contributed by atoms with Gasteiger partial charge in [-0.25, -0.2) is 8.42 Å². The Bertz CT molecular complexity index is 753. The third-order valence-electron chi connectivity index (χ3n) is 4.92. The lowest BCUT2D eigenvalue weighted by Crippen LogP contribution is -2.39. The van der Waals surface area contributed by atoms with Crippen LogP contribution < -0.4 is 5.32 Å². The van der Waals surface area contributed by atoms with Crippen molar-refractivity contribution in [2.45, 2.75) is 62.8 Å². The average Bonchev–Trinajstić information content (AvgIpc) is 2.62. The van der Waals surface area contributed by atoms with Crippen molar-refractivity contribution in [3.8, 4) is 0 Å². The van der Waals surface area contributed by atoms with E-state index in [2.05, 4.69) is 5.32 Å². The van der Waals surface area contributed by atoms with Crippen LogP contribution in [0, 0.1) is 6.92 Å². The Morgan fingerprint density at radius 3 is 2.25 bits per heavy atom. The van der Waals surface area contributed by atoms with Gasteiger partial charge in [-0.15, -0.1) is 0 Å². The molecule has 0 atom stereocenters. The minimum atomic E-state index is -3.79. The van der Waals surface area contributed by atoms with Crippen molar-refractivity contribution in [1.29, 1.82) is 0 Å². The maximum absolute atomic E-state index is 12.5. The van der Waals surface area contributed by atoms with Gasteiger partial charge in [0.2, 0.25) is 10.0 Å². The zero-order valence-electron chi connectivity index (χ0n) is 16.6. The number of carbonyl (C=O) groups is 2. The maximum Gasteiger partial charge on any atom is 0.321 e. The molecular weight excluding hydrogens is 380 g/mol. The van der Waals surface area contributed by atoms with Crippen LogP contribution >= 0.6 is 0 Å². The van der Waals surface area contributed by atoms with Gasteiger partial charge in [0.15, 0.2) is 6.61 Å². The summed E-state index contributed by atoms with van der Waals surface area (Å²) in [4.78, 5) is 24.1. The largest absolute Gasteiger partial charge is 0.455 e. The summed E-state index contributed by atoms with van der Waals surface area (Å²) in [6.07, 6.45) is 7.68. The van der Waals surface area contributed by atoms with Crippen molar-refractivity contribution < 1.29 is 22.7 Å². The normalized spacial score (nSPS) is 16.2. The second kappa shape index (κ2) is 10.6. The van der Waals surface area contributed by atoms with Gasteiger partial charge in [0.1, 0.15) is 6.54 Å². The van der Waals surface area contributed by atoms with Gasteiger partial charge >= 0.3 is 5.97 Å². The van der Waals surface area contributed by atoms with Crippen molar-refractivity contribution in [2.75, 3.05) is 20.2 Å². The molecule has 28 heavy (non-hydrogen) atoms. The third kappa shape index (κ3) is 6.91. The molecule has 0 aliphatic heterocycles. The molecule has 1 N–H and O–H groups in total. The number of amides is 1. The number of likely N-dealkylation sites (N-methyl/N-ethyl adjacent to an activating group) is 1. The number of rotatable bonds is 7. The second-order valence-corrected chi connectivity index (χ2v) is 9.39. The van der Waals surface area contributed by atoms with E-state index in [4.69, 9.17) is 4.74 Å². The number of nitrogens with one attached hydrogen (secondary N) is 1. The summed E-state index contributed by atoms with van der Waals surface area (Å²) in [7, 11) is -2.48. The highest BCUT2D eigenvalue weighted by Gasteiger charge is 2.24. The van der Waals surface area contributed by atoms with Gasteiger partial charge in [-0.2, -0.15) is 4.31 Å². The van der Waals surface area contributed by atoms with Crippen LogP contribution in [0.25, 0.3) is 0 Å². The lowest BCUT2D eigenvalue weighted by molar-refractivity contribution is -0.148. The summed E-state index contributed by atoms with van der Waals surface area (Å²) in [5.74, 6) is -1.10. The molecule has 8 heteroatoms. The van der Waals surface area contributed by atoms with E-state index in [1.165, 1.54) is 38.4 Å². The molecule has 1 aromatic rings. The average molecular weight is 411 g/mol. The van der Waals surface area contributed by atoms with Crippen LogP contribution in [-0.2, 0) is 24.3 Å². The molecule has 1 amide bonds. The van der Waals surface area contributed by atoms with E-state index in [1.807, 2.05) is 6.92 Å². The number of sulfonamides is 1. The van der Waals surface area contributed by atoms with Gasteiger partial charge in [-0.3, -0.25) is 9.59 Å². The quantitative estimate of drug-likeness (QED) is 0.697. The molecule has 1 aromatic carbocycles. The minimum absolute atomic E-state index is 0.107. The highest BCUT2D eigenvalue weighted by Crippen LogP contribution is 2.17. The molecule has 0 radical (unpaired) electrons. The number of carbonyl (C=O) groups excluding carboxylic acids is 2. The molecule has 0 saturated heterocycles. The summed E-state index contributed by atoms with van der Waals surface area (Å²) in [6.45, 7) is 1.01. The van der Waals surface area contributed by atoms with Crippen molar-refractivity contribution in [1.82, 2.24) is 9.62 Å². The maximum atomic E-state index is 12.5. The van der Waals surface area contributed by atoms with E-state index >= 15 is 0 Å². The summed E-state index contributed by atoms with van der Waals surface area (Å²) in [5.41, 5.74) is 0.941. The van der Waals surface area contributed by atoms with Crippen LogP contribution in [0.5, 0.6) is 0 Å². The number of esters is 1. The monoisotopic (exact) mass is 410 g/mol. The topological polar surface area (TPSA) is 92.8 Å².